The zero-order valence-corrected chi connectivity index (χ0v) is 10.2. The summed E-state index contributed by atoms with van der Waals surface area (Å²) in [5, 5.41) is 0. The topological polar surface area (TPSA) is 34.4 Å². The van der Waals surface area contributed by atoms with Crippen LogP contribution >= 0.6 is 22.9 Å². The monoisotopic (exact) mass is 262 g/mol. The highest BCUT2D eigenvalue weighted by Crippen LogP contribution is 2.31. The molecule has 0 bridgehead atoms. The molecule has 0 aromatic carbocycles. The van der Waals surface area contributed by atoms with Crippen LogP contribution in [0, 0.1) is 0 Å². The fourth-order valence-corrected chi connectivity index (χ4v) is 2.79. The lowest BCUT2D eigenvalue weighted by molar-refractivity contribution is 0.112. The summed E-state index contributed by atoms with van der Waals surface area (Å²) in [6.45, 7) is 0. The summed E-state index contributed by atoms with van der Waals surface area (Å²) in [5.41, 5.74) is 1.26. The summed E-state index contributed by atoms with van der Waals surface area (Å²) in [7, 11) is 0. The normalized spacial score (nSPS) is 10.9. The van der Waals surface area contributed by atoms with E-state index in [0.29, 0.717) is 10.0 Å². The summed E-state index contributed by atoms with van der Waals surface area (Å²) in [6.07, 6.45) is 2.66. The smallest absolute Gasteiger partial charge is 0.170 e. The quantitative estimate of drug-likeness (QED) is 0.662. The predicted octanol–water partition coefficient (Wildman–Crippen LogP) is 3.53. The number of halogens is 1. The van der Waals surface area contributed by atoms with Gasteiger partial charge in [0.2, 0.25) is 0 Å². The SMILES string of the molecule is O=Cc1nc(-c2ccc(Cl)s2)n2ccccc12. The van der Waals surface area contributed by atoms with Crippen LogP contribution < -0.4 is 0 Å². The third kappa shape index (κ3) is 1.66. The molecular weight excluding hydrogens is 256 g/mol. The van der Waals surface area contributed by atoms with Crippen LogP contribution in [0.4, 0.5) is 0 Å². The molecule has 84 valence electrons. The van der Waals surface area contributed by atoms with E-state index in [1.54, 1.807) is 0 Å². The fourth-order valence-electron chi connectivity index (χ4n) is 1.76. The number of thiophene rings is 1. The Balaban J connectivity index is 2.33. The summed E-state index contributed by atoms with van der Waals surface area (Å²) in [4.78, 5) is 16.3. The van der Waals surface area contributed by atoms with Crippen LogP contribution in [0.3, 0.4) is 0 Å². The van der Waals surface area contributed by atoms with Gasteiger partial charge in [0.1, 0.15) is 5.69 Å². The van der Waals surface area contributed by atoms with Gasteiger partial charge in [-0.3, -0.25) is 9.20 Å². The van der Waals surface area contributed by atoms with E-state index in [9.17, 15) is 4.79 Å². The first-order valence-electron chi connectivity index (χ1n) is 4.97. The molecule has 0 aliphatic carbocycles. The largest absolute Gasteiger partial charge is 0.298 e. The molecule has 0 saturated carbocycles. The molecule has 0 radical (unpaired) electrons. The van der Waals surface area contributed by atoms with Crippen molar-refractivity contribution in [2.45, 2.75) is 0 Å². The Morgan fingerprint density at radius 1 is 1.29 bits per heavy atom. The van der Waals surface area contributed by atoms with Gasteiger partial charge in [0.25, 0.3) is 0 Å². The lowest BCUT2D eigenvalue weighted by Gasteiger charge is -1.96. The molecule has 0 aliphatic heterocycles. The number of hydrogen-bond acceptors (Lipinski definition) is 3. The number of fused-ring (bicyclic) bond motifs is 1. The molecular formula is C12H7ClN2OS. The fraction of sp³-hybridized carbons (Fsp3) is 0. The molecule has 5 heteroatoms. The Kier molecular flexibility index (Phi) is 2.46. The van der Waals surface area contributed by atoms with Crippen molar-refractivity contribution in [1.29, 1.82) is 0 Å². The summed E-state index contributed by atoms with van der Waals surface area (Å²) in [6, 6.07) is 9.39. The van der Waals surface area contributed by atoms with Crippen molar-refractivity contribution >= 4 is 34.7 Å². The number of nitrogens with zero attached hydrogens (tertiary/aromatic N) is 2. The lowest BCUT2D eigenvalue weighted by atomic mass is 10.3. The molecule has 0 N–H and O–H groups in total. The Morgan fingerprint density at radius 3 is 2.88 bits per heavy atom. The maximum Gasteiger partial charge on any atom is 0.170 e. The van der Waals surface area contributed by atoms with E-state index in [2.05, 4.69) is 4.98 Å². The van der Waals surface area contributed by atoms with Crippen LogP contribution in [0.1, 0.15) is 10.5 Å². The van der Waals surface area contributed by atoms with Crippen molar-refractivity contribution in [2.24, 2.45) is 0 Å². The van der Waals surface area contributed by atoms with E-state index in [1.807, 2.05) is 40.9 Å². The van der Waals surface area contributed by atoms with Gasteiger partial charge in [0, 0.05) is 6.20 Å². The lowest BCUT2D eigenvalue weighted by Crippen LogP contribution is -1.85. The molecule has 0 unspecified atom stereocenters. The van der Waals surface area contributed by atoms with Gasteiger partial charge in [-0.1, -0.05) is 17.7 Å². The standard InChI is InChI=1S/C12H7ClN2OS/c13-11-5-4-10(17-11)12-14-8(7-16)9-3-1-2-6-15(9)12/h1-7H. The maximum atomic E-state index is 11.0. The Morgan fingerprint density at radius 2 is 2.18 bits per heavy atom. The van der Waals surface area contributed by atoms with Crippen LogP contribution in [-0.2, 0) is 0 Å². The van der Waals surface area contributed by atoms with Gasteiger partial charge in [-0.15, -0.1) is 11.3 Å². The Bertz CT molecular complexity index is 701. The van der Waals surface area contributed by atoms with E-state index in [4.69, 9.17) is 11.6 Å². The Labute approximate surface area is 106 Å². The van der Waals surface area contributed by atoms with Crippen LogP contribution in [-0.4, -0.2) is 15.7 Å². The minimum absolute atomic E-state index is 0.449. The number of imidazole rings is 1. The molecule has 0 fully saturated rings. The molecule has 3 aromatic heterocycles. The number of pyridine rings is 1. The van der Waals surface area contributed by atoms with E-state index in [0.717, 1.165) is 22.5 Å². The van der Waals surface area contributed by atoms with E-state index < -0.39 is 0 Å². The van der Waals surface area contributed by atoms with Gasteiger partial charge in [-0.25, -0.2) is 4.98 Å². The number of hydrogen-bond donors (Lipinski definition) is 0. The molecule has 0 spiro atoms. The average Bonchev–Trinajstić information content (AvgIpc) is 2.92. The van der Waals surface area contributed by atoms with Crippen molar-refractivity contribution in [3.05, 3.63) is 46.6 Å². The predicted molar refractivity (Wildman–Crippen MR) is 68.9 cm³/mol. The molecule has 0 atom stereocenters. The number of rotatable bonds is 2. The molecule has 3 heterocycles. The third-order valence-electron chi connectivity index (χ3n) is 2.48. The Hall–Kier alpha value is -1.65. The van der Waals surface area contributed by atoms with Gasteiger partial charge in [0.05, 0.1) is 14.7 Å². The number of aromatic nitrogens is 2. The second kappa shape index (κ2) is 3.98. The second-order valence-electron chi connectivity index (χ2n) is 3.50. The molecule has 3 aromatic rings. The summed E-state index contributed by atoms with van der Waals surface area (Å²) < 4.78 is 2.60. The molecule has 0 amide bonds. The van der Waals surface area contributed by atoms with Gasteiger partial charge in [0.15, 0.2) is 12.1 Å². The summed E-state index contributed by atoms with van der Waals surface area (Å²) >= 11 is 7.36. The van der Waals surface area contributed by atoms with Gasteiger partial charge in [-0.2, -0.15) is 0 Å². The van der Waals surface area contributed by atoms with Crippen molar-refractivity contribution in [3.63, 3.8) is 0 Å². The summed E-state index contributed by atoms with van der Waals surface area (Å²) in [5.74, 6) is 0.750. The molecule has 17 heavy (non-hydrogen) atoms. The molecule has 0 aliphatic rings. The zero-order chi connectivity index (χ0) is 11.8. The second-order valence-corrected chi connectivity index (χ2v) is 5.21. The molecule has 0 saturated heterocycles. The number of carbonyl (C=O) groups is 1. The highest BCUT2D eigenvalue weighted by atomic mass is 35.5. The first kappa shape index (κ1) is 10.5. The third-order valence-corrected chi connectivity index (χ3v) is 3.71. The minimum atomic E-state index is 0.449. The highest BCUT2D eigenvalue weighted by Gasteiger charge is 2.12. The van der Waals surface area contributed by atoms with Gasteiger partial charge >= 0.3 is 0 Å². The maximum absolute atomic E-state index is 11.0. The molecule has 3 rings (SSSR count). The van der Waals surface area contributed by atoms with Crippen LogP contribution in [0.2, 0.25) is 4.34 Å². The van der Waals surface area contributed by atoms with Crippen LogP contribution in [0.15, 0.2) is 36.5 Å². The van der Waals surface area contributed by atoms with E-state index in [-0.39, 0.29) is 0 Å². The zero-order valence-electron chi connectivity index (χ0n) is 8.63. The van der Waals surface area contributed by atoms with Crippen molar-refractivity contribution < 1.29 is 4.79 Å². The average molecular weight is 263 g/mol. The van der Waals surface area contributed by atoms with Gasteiger partial charge in [-0.05, 0) is 24.3 Å². The van der Waals surface area contributed by atoms with Crippen molar-refractivity contribution in [2.75, 3.05) is 0 Å². The first-order chi connectivity index (χ1) is 8.29. The highest BCUT2D eigenvalue weighted by molar-refractivity contribution is 7.19. The van der Waals surface area contributed by atoms with Crippen LogP contribution in [0.5, 0.6) is 0 Å². The number of aldehydes is 1. The van der Waals surface area contributed by atoms with E-state index >= 15 is 0 Å². The van der Waals surface area contributed by atoms with Crippen LogP contribution in [0.25, 0.3) is 16.2 Å². The molecule has 3 nitrogen and oxygen atoms in total. The van der Waals surface area contributed by atoms with Crippen molar-refractivity contribution in [1.82, 2.24) is 9.38 Å². The minimum Gasteiger partial charge on any atom is -0.298 e. The van der Waals surface area contributed by atoms with E-state index in [1.165, 1.54) is 11.3 Å². The first-order valence-corrected chi connectivity index (χ1v) is 6.17. The van der Waals surface area contributed by atoms with Crippen molar-refractivity contribution in [3.8, 4) is 10.7 Å². The van der Waals surface area contributed by atoms with Gasteiger partial charge < -0.3 is 0 Å². The number of carbonyl (C=O) groups excluding carboxylic acids is 1.